The van der Waals surface area contributed by atoms with Crippen LogP contribution in [-0.4, -0.2) is 42.3 Å². The summed E-state index contributed by atoms with van der Waals surface area (Å²) >= 11 is 0. The molecule has 0 aromatic carbocycles. The van der Waals surface area contributed by atoms with E-state index in [0.29, 0.717) is 24.3 Å². The third-order valence-electron chi connectivity index (χ3n) is 3.38. The van der Waals surface area contributed by atoms with Gasteiger partial charge in [0.05, 0.1) is 11.3 Å². The highest BCUT2D eigenvalue weighted by molar-refractivity contribution is 5.95. The number of amides is 2. The van der Waals surface area contributed by atoms with Crippen molar-refractivity contribution in [3.05, 3.63) is 29.1 Å². The molecule has 1 aromatic rings. The number of hydrogen-bond donors (Lipinski definition) is 2. The summed E-state index contributed by atoms with van der Waals surface area (Å²) in [5, 5.41) is 0. The molecule has 1 aliphatic heterocycles. The number of hydrogen-bond acceptors (Lipinski definition) is 5. The number of pyridine rings is 1. The normalized spacial score (nSPS) is 20.4. The van der Waals surface area contributed by atoms with Crippen molar-refractivity contribution in [2.24, 2.45) is 16.5 Å². The Morgan fingerprint density at radius 3 is 2.80 bits per heavy atom. The Kier molecular flexibility index (Phi) is 3.80. The van der Waals surface area contributed by atoms with Crippen LogP contribution in [0.15, 0.2) is 17.3 Å². The molecule has 2 rings (SSSR count). The Hall–Kier alpha value is -2.28. The second kappa shape index (κ2) is 5.38. The molecule has 1 unspecified atom stereocenters. The number of aliphatic imine (C=N–C) groups is 1. The van der Waals surface area contributed by atoms with Crippen LogP contribution >= 0.6 is 0 Å². The molecular formula is C13H16N4O3. The number of methoxy groups -OCH3 is 1. The van der Waals surface area contributed by atoms with E-state index in [4.69, 9.17) is 16.2 Å². The maximum absolute atomic E-state index is 11.8. The summed E-state index contributed by atoms with van der Waals surface area (Å²) in [6.45, 7) is 0.360. The van der Waals surface area contributed by atoms with Crippen LogP contribution < -0.4 is 11.5 Å². The molecule has 7 heteroatoms. The van der Waals surface area contributed by atoms with Crippen LogP contribution in [0.25, 0.3) is 0 Å². The summed E-state index contributed by atoms with van der Waals surface area (Å²) in [4.78, 5) is 31.3. The highest BCUT2D eigenvalue weighted by atomic mass is 16.5. The highest BCUT2D eigenvalue weighted by Gasteiger charge is 2.38. The van der Waals surface area contributed by atoms with E-state index < -0.39 is 17.4 Å². The van der Waals surface area contributed by atoms with Crippen molar-refractivity contribution in [2.75, 3.05) is 13.7 Å². The summed E-state index contributed by atoms with van der Waals surface area (Å²) in [5.74, 6) is -1.09. The second-order valence-corrected chi connectivity index (χ2v) is 4.71. The SMILES string of the molecule is COCCC1(C(N)=O)Cc2cc(C(N)=O)cnc2C=N1. The van der Waals surface area contributed by atoms with Gasteiger partial charge in [-0.15, -0.1) is 0 Å². The van der Waals surface area contributed by atoms with Crippen LogP contribution in [-0.2, 0) is 16.0 Å². The summed E-state index contributed by atoms with van der Waals surface area (Å²) < 4.78 is 5.00. The van der Waals surface area contributed by atoms with Crippen LogP contribution in [0.5, 0.6) is 0 Å². The van der Waals surface area contributed by atoms with E-state index in [2.05, 4.69) is 9.98 Å². The standard InChI is InChI=1S/C13H16N4O3/c1-20-3-2-13(12(15)19)5-8-4-9(11(14)18)6-16-10(8)7-17-13/h4,6-7H,2-3,5H2,1H3,(H2,14,18)(H2,15,19). The Bertz CT molecular complexity index is 585. The molecule has 2 amide bonds. The first-order valence-electron chi connectivity index (χ1n) is 6.11. The Balaban J connectivity index is 2.38. The maximum atomic E-state index is 11.8. The number of carbonyl (C=O) groups is 2. The van der Waals surface area contributed by atoms with Gasteiger partial charge in [-0.3, -0.25) is 19.6 Å². The molecule has 1 aliphatic rings. The number of nitrogens with zero attached hydrogens (tertiary/aromatic N) is 2. The molecular weight excluding hydrogens is 260 g/mol. The number of rotatable bonds is 5. The third-order valence-corrected chi connectivity index (χ3v) is 3.38. The first kappa shape index (κ1) is 14.1. The average molecular weight is 276 g/mol. The van der Waals surface area contributed by atoms with Gasteiger partial charge in [0, 0.05) is 39.0 Å². The fraction of sp³-hybridized carbons (Fsp3) is 0.385. The van der Waals surface area contributed by atoms with Crippen LogP contribution in [0.4, 0.5) is 0 Å². The number of ether oxygens (including phenoxy) is 1. The van der Waals surface area contributed by atoms with Crippen molar-refractivity contribution in [2.45, 2.75) is 18.4 Å². The van der Waals surface area contributed by atoms with Crippen LogP contribution in [0.2, 0.25) is 0 Å². The molecule has 0 spiro atoms. The minimum absolute atomic E-state index is 0.283. The van der Waals surface area contributed by atoms with Gasteiger partial charge >= 0.3 is 0 Å². The van der Waals surface area contributed by atoms with Crippen LogP contribution in [0, 0.1) is 0 Å². The number of primary amides is 2. The van der Waals surface area contributed by atoms with Gasteiger partial charge in [-0.05, 0) is 11.6 Å². The van der Waals surface area contributed by atoms with Gasteiger partial charge in [-0.1, -0.05) is 0 Å². The summed E-state index contributed by atoms with van der Waals surface area (Å²) in [5.41, 5.74) is 11.3. The van der Waals surface area contributed by atoms with Gasteiger partial charge < -0.3 is 16.2 Å². The summed E-state index contributed by atoms with van der Waals surface area (Å²) in [7, 11) is 1.54. The zero-order valence-electron chi connectivity index (χ0n) is 11.1. The van der Waals surface area contributed by atoms with Crippen molar-refractivity contribution in [1.29, 1.82) is 0 Å². The Morgan fingerprint density at radius 1 is 1.45 bits per heavy atom. The number of aromatic nitrogens is 1. The van der Waals surface area contributed by atoms with Gasteiger partial charge in [0.2, 0.25) is 11.8 Å². The van der Waals surface area contributed by atoms with Crippen LogP contribution in [0.3, 0.4) is 0 Å². The molecule has 0 saturated heterocycles. The first-order valence-corrected chi connectivity index (χ1v) is 6.11. The summed E-state index contributed by atoms with van der Waals surface area (Å²) in [6, 6.07) is 1.63. The lowest BCUT2D eigenvalue weighted by atomic mass is 9.84. The maximum Gasteiger partial charge on any atom is 0.250 e. The van der Waals surface area contributed by atoms with Gasteiger partial charge in [0.15, 0.2) is 0 Å². The van der Waals surface area contributed by atoms with Gasteiger partial charge in [-0.25, -0.2) is 0 Å². The molecule has 20 heavy (non-hydrogen) atoms. The number of nitrogens with two attached hydrogens (primary N) is 2. The molecule has 0 radical (unpaired) electrons. The number of fused-ring (bicyclic) bond motifs is 1. The monoisotopic (exact) mass is 276 g/mol. The van der Waals surface area contributed by atoms with Gasteiger partial charge in [0.25, 0.3) is 0 Å². The minimum Gasteiger partial charge on any atom is -0.385 e. The molecule has 1 atom stereocenters. The minimum atomic E-state index is -1.05. The largest absolute Gasteiger partial charge is 0.385 e. The van der Waals surface area contributed by atoms with E-state index in [1.165, 1.54) is 12.4 Å². The van der Waals surface area contributed by atoms with Crippen molar-refractivity contribution < 1.29 is 14.3 Å². The van der Waals surface area contributed by atoms with Crippen molar-refractivity contribution >= 4 is 18.0 Å². The molecule has 2 heterocycles. The molecule has 0 aliphatic carbocycles. The van der Waals surface area contributed by atoms with Gasteiger partial charge in [-0.2, -0.15) is 0 Å². The highest BCUT2D eigenvalue weighted by Crippen LogP contribution is 2.27. The first-order chi connectivity index (χ1) is 9.48. The van der Waals surface area contributed by atoms with E-state index in [0.717, 1.165) is 5.56 Å². The Morgan fingerprint density at radius 2 is 2.20 bits per heavy atom. The second-order valence-electron chi connectivity index (χ2n) is 4.71. The third kappa shape index (κ3) is 2.53. The molecule has 106 valence electrons. The van der Waals surface area contributed by atoms with E-state index in [-0.39, 0.29) is 6.42 Å². The van der Waals surface area contributed by atoms with E-state index in [1.807, 2.05) is 0 Å². The van der Waals surface area contributed by atoms with E-state index >= 15 is 0 Å². The zero-order valence-corrected chi connectivity index (χ0v) is 11.1. The fourth-order valence-corrected chi connectivity index (χ4v) is 2.16. The molecule has 0 fully saturated rings. The van der Waals surface area contributed by atoms with Gasteiger partial charge in [0.1, 0.15) is 5.54 Å². The van der Waals surface area contributed by atoms with Crippen molar-refractivity contribution in [3.63, 3.8) is 0 Å². The molecule has 0 saturated carbocycles. The fourth-order valence-electron chi connectivity index (χ4n) is 2.16. The predicted molar refractivity (Wildman–Crippen MR) is 72.5 cm³/mol. The predicted octanol–water partition coefficient (Wildman–Crippen LogP) is -0.584. The molecule has 1 aromatic heterocycles. The number of carbonyl (C=O) groups excluding carboxylic acids is 2. The van der Waals surface area contributed by atoms with Crippen molar-refractivity contribution in [3.8, 4) is 0 Å². The quantitative estimate of drug-likeness (QED) is 0.747. The van der Waals surface area contributed by atoms with E-state index in [9.17, 15) is 9.59 Å². The van der Waals surface area contributed by atoms with E-state index in [1.54, 1.807) is 13.2 Å². The Labute approximate surface area is 116 Å². The van der Waals surface area contributed by atoms with Crippen molar-refractivity contribution in [1.82, 2.24) is 4.98 Å². The average Bonchev–Trinajstić information content (AvgIpc) is 2.43. The lowest BCUT2D eigenvalue weighted by Gasteiger charge is -2.29. The topological polar surface area (TPSA) is 121 Å². The molecule has 4 N–H and O–H groups in total. The summed E-state index contributed by atoms with van der Waals surface area (Å²) in [6.07, 6.45) is 3.55. The smallest absolute Gasteiger partial charge is 0.250 e. The lowest BCUT2D eigenvalue weighted by Crippen LogP contribution is -2.47. The zero-order chi connectivity index (χ0) is 14.8. The molecule has 0 bridgehead atoms. The molecule has 7 nitrogen and oxygen atoms in total. The lowest BCUT2D eigenvalue weighted by molar-refractivity contribution is -0.123. The van der Waals surface area contributed by atoms with Crippen LogP contribution in [0.1, 0.15) is 28.0 Å².